The Labute approximate surface area is 108 Å². The molecule has 7 heteroatoms. The van der Waals surface area contributed by atoms with Gasteiger partial charge < -0.3 is 5.73 Å². The zero-order valence-corrected chi connectivity index (χ0v) is 11.4. The molecule has 88 valence electrons. The number of nitrogens with two attached hydrogens (primary N) is 1. The third-order valence-corrected chi connectivity index (χ3v) is 5.45. The van der Waals surface area contributed by atoms with Crippen molar-refractivity contribution in [1.29, 1.82) is 0 Å². The van der Waals surface area contributed by atoms with Crippen molar-refractivity contribution >= 4 is 37.6 Å². The SMILES string of the molecule is NC1CN(S(=O)(=O)c2ccc(Cl)c(Br)c2)C1. The fourth-order valence-electron chi connectivity index (χ4n) is 1.45. The third kappa shape index (κ3) is 2.12. The third-order valence-electron chi connectivity index (χ3n) is 2.41. The number of nitrogens with zero attached hydrogens (tertiary/aromatic N) is 1. The number of rotatable bonds is 2. The topological polar surface area (TPSA) is 63.4 Å². The molecule has 1 aromatic rings. The summed E-state index contributed by atoms with van der Waals surface area (Å²) in [5.74, 6) is 0. The van der Waals surface area contributed by atoms with Crippen LogP contribution in [0.2, 0.25) is 5.02 Å². The molecular formula is C9H10BrClN2O2S. The van der Waals surface area contributed by atoms with E-state index in [9.17, 15) is 8.42 Å². The summed E-state index contributed by atoms with van der Waals surface area (Å²) in [6, 6.07) is 4.50. The van der Waals surface area contributed by atoms with E-state index >= 15 is 0 Å². The zero-order chi connectivity index (χ0) is 11.9. The molecule has 4 nitrogen and oxygen atoms in total. The summed E-state index contributed by atoms with van der Waals surface area (Å²) in [6.45, 7) is 0.755. The monoisotopic (exact) mass is 324 g/mol. The molecule has 0 amide bonds. The second-order valence-electron chi connectivity index (χ2n) is 3.66. The summed E-state index contributed by atoms with van der Waals surface area (Å²) in [5, 5.41) is 0.485. The zero-order valence-electron chi connectivity index (χ0n) is 8.23. The fourth-order valence-corrected chi connectivity index (χ4v) is 3.68. The summed E-state index contributed by atoms with van der Waals surface area (Å²) in [6.07, 6.45) is 0. The predicted molar refractivity (Wildman–Crippen MR) is 65.9 cm³/mol. The van der Waals surface area contributed by atoms with E-state index in [0.717, 1.165) is 0 Å². The van der Waals surface area contributed by atoms with E-state index in [1.165, 1.54) is 16.4 Å². The van der Waals surface area contributed by atoms with Gasteiger partial charge in [0.1, 0.15) is 0 Å². The average Bonchev–Trinajstić information content (AvgIpc) is 2.17. The van der Waals surface area contributed by atoms with E-state index in [2.05, 4.69) is 15.9 Å². The van der Waals surface area contributed by atoms with Gasteiger partial charge in [-0.2, -0.15) is 4.31 Å². The molecule has 0 bridgehead atoms. The van der Waals surface area contributed by atoms with Gasteiger partial charge in [0.05, 0.1) is 9.92 Å². The quantitative estimate of drug-likeness (QED) is 0.895. The highest BCUT2D eigenvalue weighted by molar-refractivity contribution is 9.10. The molecule has 1 aliphatic rings. The standard InChI is InChI=1S/C9H10BrClN2O2S/c10-8-3-7(1-2-9(8)11)16(14,15)13-4-6(12)5-13/h1-3,6H,4-5,12H2. The van der Waals surface area contributed by atoms with Gasteiger partial charge in [-0.1, -0.05) is 11.6 Å². The first-order chi connectivity index (χ1) is 7.41. The van der Waals surface area contributed by atoms with E-state index in [4.69, 9.17) is 17.3 Å². The van der Waals surface area contributed by atoms with Crippen LogP contribution >= 0.6 is 27.5 Å². The van der Waals surface area contributed by atoms with Crippen LogP contribution < -0.4 is 5.73 Å². The molecule has 0 saturated carbocycles. The van der Waals surface area contributed by atoms with Crippen molar-refractivity contribution in [2.45, 2.75) is 10.9 Å². The van der Waals surface area contributed by atoms with E-state index in [0.29, 0.717) is 22.6 Å². The minimum absolute atomic E-state index is 0.0504. The average molecular weight is 326 g/mol. The summed E-state index contributed by atoms with van der Waals surface area (Å²) < 4.78 is 26.0. The maximum atomic E-state index is 12.0. The molecule has 2 N–H and O–H groups in total. The van der Waals surface area contributed by atoms with Gasteiger partial charge in [0.15, 0.2) is 0 Å². The van der Waals surface area contributed by atoms with Gasteiger partial charge in [0, 0.05) is 23.6 Å². The van der Waals surface area contributed by atoms with Crippen molar-refractivity contribution < 1.29 is 8.42 Å². The van der Waals surface area contributed by atoms with Crippen molar-refractivity contribution in [2.24, 2.45) is 5.73 Å². The molecule has 1 fully saturated rings. The van der Waals surface area contributed by atoms with E-state index in [1.807, 2.05) is 0 Å². The lowest BCUT2D eigenvalue weighted by atomic mass is 10.2. The number of hydrogen-bond donors (Lipinski definition) is 1. The first kappa shape index (κ1) is 12.3. The second kappa shape index (κ2) is 4.27. The summed E-state index contributed by atoms with van der Waals surface area (Å²) >= 11 is 9.01. The molecule has 0 atom stereocenters. The largest absolute Gasteiger partial charge is 0.325 e. The molecule has 2 rings (SSSR count). The molecule has 0 unspecified atom stereocenters. The lowest BCUT2D eigenvalue weighted by Gasteiger charge is -2.35. The molecule has 0 aromatic heterocycles. The molecule has 1 aromatic carbocycles. The van der Waals surface area contributed by atoms with E-state index in [1.54, 1.807) is 6.07 Å². The summed E-state index contributed by atoms with van der Waals surface area (Å²) in [5.41, 5.74) is 5.56. The fraction of sp³-hybridized carbons (Fsp3) is 0.333. The Morgan fingerprint density at radius 2 is 2.06 bits per heavy atom. The van der Waals surface area contributed by atoms with Gasteiger partial charge in [-0.3, -0.25) is 0 Å². The molecule has 1 saturated heterocycles. The highest BCUT2D eigenvalue weighted by Crippen LogP contribution is 2.28. The van der Waals surface area contributed by atoms with Crippen molar-refractivity contribution in [3.8, 4) is 0 Å². The normalized spacial score (nSPS) is 18.4. The van der Waals surface area contributed by atoms with Crippen molar-refractivity contribution in [2.75, 3.05) is 13.1 Å². The molecule has 0 radical (unpaired) electrons. The Balaban J connectivity index is 2.33. The van der Waals surface area contributed by atoms with E-state index < -0.39 is 10.0 Å². The van der Waals surface area contributed by atoms with Crippen LogP contribution in [0.5, 0.6) is 0 Å². The van der Waals surface area contributed by atoms with Crippen molar-refractivity contribution in [1.82, 2.24) is 4.31 Å². The smallest absolute Gasteiger partial charge is 0.243 e. The predicted octanol–water partition coefficient (Wildman–Crippen LogP) is 1.43. The van der Waals surface area contributed by atoms with Crippen LogP contribution in [-0.4, -0.2) is 31.9 Å². The van der Waals surface area contributed by atoms with Crippen LogP contribution in [0.3, 0.4) is 0 Å². The number of hydrogen-bond acceptors (Lipinski definition) is 3. The molecular weight excluding hydrogens is 316 g/mol. The van der Waals surface area contributed by atoms with Gasteiger partial charge in [-0.05, 0) is 34.1 Å². The van der Waals surface area contributed by atoms with Gasteiger partial charge in [0.2, 0.25) is 10.0 Å². The Kier molecular flexibility index (Phi) is 3.29. The van der Waals surface area contributed by atoms with Crippen LogP contribution in [0.4, 0.5) is 0 Å². The Morgan fingerprint density at radius 3 is 2.56 bits per heavy atom. The van der Waals surface area contributed by atoms with Crippen LogP contribution in [-0.2, 0) is 10.0 Å². The molecule has 0 aliphatic carbocycles. The minimum Gasteiger partial charge on any atom is -0.325 e. The second-order valence-corrected chi connectivity index (χ2v) is 6.86. The van der Waals surface area contributed by atoms with Crippen LogP contribution in [0.25, 0.3) is 0 Å². The first-order valence-corrected chi connectivity index (χ1v) is 7.23. The Morgan fingerprint density at radius 1 is 1.44 bits per heavy atom. The van der Waals surface area contributed by atoms with Crippen LogP contribution in [0.1, 0.15) is 0 Å². The summed E-state index contributed by atoms with van der Waals surface area (Å²) in [4.78, 5) is 0.232. The molecule has 16 heavy (non-hydrogen) atoms. The maximum Gasteiger partial charge on any atom is 0.243 e. The highest BCUT2D eigenvalue weighted by Gasteiger charge is 2.34. The first-order valence-electron chi connectivity index (χ1n) is 4.62. The van der Waals surface area contributed by atoms with Gasteiger partial charge >= 0.3 is 0 Å². The summed E-state index contributed by atoms with van der Waals surface area (Å²) in [7, 11) is -3.41. The molecule has 0 spiro atoms. The van der Waals surface area contributed by atoms with Crippen molar-refractivity contribution in [3.05, 3.63) is 27.7 Å². The Bertz CT molecular complexity index is 514. The van der Waals surface area contributed by atoms with Crippen LogP contribution in [0, 0.1) is 0 Å². The van der Waals surface area contributed by atoms with Crippen molar-refractivity contribution in [3.63, 3.8) is 0 Å². The number of halogens is 2. The number of sulfonamides is 1. The highest BCUT2D eigenvalue weighted by atomic mass is 79.9. The molecule has 1 aliphatic heterocycles. The lowest BCUT2D eigenvalue weighted by molar-refractivity contribution is 0.265. The van der Waals surface area contributed by atoms with E-state index in [-0.39, 0.29) is 10.9 Å². The minimum atomic E-state index is -3.41. The number of benzene rings is 1. The Hall–Kier alpha value is -0.140. The lowest BCUT2D eigenvalue weighted by Crippen LogP contribution is -2.57. The van der Waals surface area contributed by atoms with Crippen LogP contribution in [0.15, 0.2) is 27.6 Å². The maximum absolute atomic E-state index is 12.0. The van der Waals surface area contributed by atoms with Gasteiger partial charge in [-0.15, -0.1) is 0 Å². The van der Waals surface area contributed by atoms with Gasteiger partial charge in [-0.25, -0.2) is 8.42 Å². The molecule has 1 heterocycles. The van der Waals surface area contributed by atoms with Gasteiger partial charge in [0.25, 0.3) is 0 Å².